The van der Waals surface area contributed by atoms with E-state index in [1.54, 1.807) is 12.1 Å². The standard InChI is InChI=1S/C15H11NO4/c1-2-15(8-5-9-15)14(19)20-16-12(17)10-6-3-4-7-11(10)13(16)18/h1,3-4,6-7H,5,8-9H2. The van der Waals surface area contributed by atoms with Gasteiger partial charge in [-0.05, 0) is 31.4 Å². The number of hydroxylamine groups is 2. The quantitative estimate of drug-likeness (QED) is 0.603. The number of benzene rings is 1. The molecule has 1 saturated carbocycles. The van der Waals surface area contributed by atoms with Gasteiger partial charge in [0.2, 0.25) is 0 Å². The first kappa shape index (κ1) is 12.4. The molecule has 2 aliphatic rings. The number of nitrogens with zero attached hydrogens (tertiary/aromatic N) is 1. The molecular weight excluding hydrogens is 258 g/mol. The number of carbonyl (C=O) groups is 3. The summed E-state index contributed by atoms with van der Waals surface area (Å²) in [5, 5.41) is 0.504. The molecular formula is C15H11NO4. The third kappa shape index (κ3) is 1.55. The fourth-order valence-corrected chi connectivity index (χ4v) is 2.36. The molecule has 1 fully saturated rings. The van der Waals surface area contributed by atoms with Crippen LogP contribution in [0.1, 0.15) is 40.0 Å². The van der Waals surface area contributed by atoms with Gasteiger partial charge in [-0.1, -0.05) is 23.1 Å². The highest BCUT2D eigenvalue weighted by atomic mass is 16.7. The van der Waals surface area contributed by atoms with Gasteiger partial charge >= 0.3 is 5.97 Å². The lowest BCUT2D eigenvalue weighted by molar-refractivity contribution is -0.181. The molecule has 1 aliphatic heterocycles. The molecule has 3 rings (SSSR count). The second-order valence-electron chi connectivity index (χ2n) is 4.91. The molecule has 100 valence electrons. The zero-order chi connectivity index (χ0) is 14.3. The van der Waals surface area contributed by atoms with Crippen molar-refractivity contribution in [1.29, 1.82) is 0 Å². The fourth-order valence-electron chi connectivity index (χ4n) is 2.36. The smallest absolute Gasteiger partial charge is 0.328 e. The number of rotatable bonds is 2. The Balaban J connectivity index is 1.84. The number of fused-ring (bicyclic) bond motifs is 1. The minimum absolute atomic E-state index is 0.230. The Bertz CT molecular complexity index is 632. The van der Waals surface area contributed by atoms with Crippen molar-refractivity contribution in [2.45, 2.75) is 19.3 Å². The molecule has 1 heterocycles. The second-order valence-corrected chi connectivity index (χ2v) is 4.91. The van der Waals surface area contributed by atoms with E-state index in [-0.39, 0.29) is 11.1 Å². The number of hydrogen-bond acceptors (Lipinski definition) is 4. The summed E-state index contributed by atoms with van der Waals surface area (Å²) in [6, 6.07) is 6.32. The van der Waals surface area contributed by atoms with Crippen molar-refractivity contribution in [3.8, 4) is 12.3 Å². The summed E-state index contributed by atoms with van der Waals surface area (Å²) < 4.78 is 0. The van der Waals surface area contributed by atoms with Crippen molar-refractivity contribution in [2.75, 3.05) is 0 Å². The van der Waals surface area contributed by atoms with E-state index >= 15 is 0 Å². The van der Waals surface area contributed by atoms with Crippen LogP contribution in [0.25, 0.3) is 0 Å². The van der Waals surface area contributed by atoms with E-state index < -0.39 is 23.2 Å². The van der Waals surface area contributed by atoms with E-state index in [9.17, 15) is 14.4 Å². The van der Waals surface area contributed by atoms with Crippen molar-refractivity contribution < 1.29 is 19.2 Å². The number of amides is 2. The average Bonchev–Trinajstić information content (AvgIpc) is 2.64. The minimum Gasteiger partial charge on any atom is -0.328 e. The average molecular weight is 269 g/mol. The normalized spacial score (nSPS) is 19.1. The van der Waals surface area contributed by atoms with Crippen LogP contribution < -0.4 is 0 Å². The Hall–Kier alpha value is -2.61. The van der Waals surface area contributed by atoms with Crippen molar-refractivity contribution >= 4 is 17.8 Å². The van der Waals surface area contributed by atoms with Crippen LogP contribution in [0.3, 0.4) is 0 Å². The molecule has 0 N–H and O–H groups in total. The molecule has 0 saturated heterocycles. The topological polar surface area (TPSA) is 63.7 Å². The lowest BCUT2D eigenvalue weighted by Gasteiger charge is -2.34. The lowest BCUT2D eigenvalue weighted by atomic mass is 9.69. The fraction of sp³-hybridized carbons (Fsp3) is 0.267. The third-order valence-electron chi connectivity index (χ3n) is 3.81. The summed E-state index contributed by atoms with van der Waals surface area (Å²) in [6.45, 7) is 0. The first-order valence-corrected chi connectivity index (χ1v) is 6.27. The summed E-state index contributed by atoms with van der Waals surface area (Å²) in [7, 11) is 0. The van der Waals surface area contributed by atoms with E-state index in [4.69, 9.17) is 11.3 Å². The van der Waals surface area contributed by atoms with Gasteiger partial charge in [0.05, 0.1) is 11.1 Å². The van der Waals surface area contributed by atoms with Crippen LogP contribution in [-0.2, 0) is 9.63 Å². The molecule has 0 atom stereocenters. The molecule has 2 amide bonds. The zero-order valence-electron chi connectivity index (χ0n) is 10.6. The predicted molar refractivity (Wildman–Crippen MR) is 68.2 cm³/mol. The molecule has 0 bridgehead atoms. The minimum atomic E-state index is -0.991. The van der Waals surface area contributed by atoms with Crippen LogP contribution in [0.5, 0.6) is 0 Å². The van der Waals surface area contributed by atoms with Crippen molar-refractivity contribution in [3.63, 3.8) is 0 Å². The lowest BCUT2D eigenvalue weighted by Crippen LogP contribution is -2.43. The summed E-state index contributed by atoms with van der Waals surface area (Å²) in [6.07, 6.45) is 7.23. The molecule has 1 aromatic rings. The molecule has 5 nitrogen and oxygen atoms in total. The van der Waals surface area contributed by atoms with Crippen LogP contribution in [0.2, 0.25) is 0 Å². The van der Waals surface area contributed by atoms with Crippen LogP contribution in [-0.4, -0.2) is 22.8 Å². The largest absolute Gasteiger partial charge is 0.351 e. The monoisotopic (exact) mass is 269 g/mol. The number of hydrogen-bond donors (Lipinski definition) is 0. The maximum atomic E-state index is 12.1. The maximum absolute atomic E-state index is 12.1. The van der Waals surface area contributed by atoms with Crippen LogP contribution in [0, 0.1) is 17.8 Å². The first-order valence-electron chi connectivity index (χ1n) is 6.27. The number of imide groups is 1. The van der Waals surface area contributed by atoms with Crippen LogP contribution >= 0.6 is 0 Å². The third-order valence-corrected chi connectivity index (χ3v) is 3.81. The van der Waals surface area contributed by atoms with E-state index in [0.29, 0.717) is 17.9 Å². The number of terminal acetylenes is 1. The van der Waals surface area contributed by atoms with E-state index in [2.05, 4.69) is 5.92 Å². The molecule has 0 aromatic heterocycles. The Labute approximate surface area is 115 Å². The van der Waals surface area contributed by atoms with Crippen molar-refractivity contribution in [2.24, 2.45) is 5.41 Å². The molecule has 5 heteroatoms. The molecule has 0 unspecified atom stereocenters. The van der Waals surface area contributed by atoms with Crippen LogP contribution in [0.4, 0.5) is 0 Å². The predicted octanol–water partition coefficient (Wildman–Crippen LogP) is 1.54. The second kappa shape index (κ2) is 4.20. The van der Waals surface area contributed by atoms with Gasteiger partial charge in [-0.2, -0.15) is 0 Å². The highest BCUT2D eigenvalue weighted by molar-refractivity contribution is 6.21. The van der Waals surface area contributed by atoms with Gasteiger partial charge in [-0.25, -0.2) is 4.79 Å². The highest BCUT2D eigenvalue weighted by Crippen LogP contribution is 2.41. The van der Waals surface area contributed by atoms with Crippen molar-refractivity contribution in [1.82, 2.24) is 5.06 Å². The van der Waals surface area contributed by atoms with Gasteiger partial charge in [-0.3, -0.25) is 9.59 Å². The SMILES string of the molecule is C#CC1(C(=O)ON2C(=O)c3ccccc3C2=O)CCC1. The van der Waals surface area contributed by atoms with Gasteiger partial charge in [0, 0.05) is 0 Å². The molecule has 1 aliphatic carbocycles. The molecule has 1 aromatic carbocycles. The van der Waals surface area contributed by atoms with Crippen molar-refractivity contribution in [3.05, 3.63) is 35.4 Å². The zero-order valence-corrected chi connectivity index (χ0v) is 10.6. The van der Waals surface area contributed by atoms with Crippen LogP contribution in [0.15, 0.2) is 24.3 Å². The van der Waals surface area contributed by atoms with E-state index in [1.807, 2.05) is 0 Å². The van der Waals surface area contributed by atoms with Gasteiger partial charge in [-0.15, -0.1) is 6.42 Å². The van der Waals surface area contributed by atoms with Gasteiger partial charge in [0.15, 0.2) is 0 Å². The molecule has 0 spiro atoms. The Kier molecular flexibility index (Phi) is 2.61. The summed E-state index contributed by atoms with van der Waals surface area (Å²) in [4.78, 5) is 41.1. The summed E-state index contributed by atoms with van der Waals surface area (Å²) in [5.41, 5.74) is -0.530. The Morgan fingerprint density at radius 3 is 2.15 bits per heavy atom. The highest BCUT2D eigenvalue weighted by Gasteiger charge is 2.48. The number of carbonyl (C=O) groups excluding carboxylic acids is 3. The van der Waals surface area contributed by atoms with Gasteiger partial charge in [0.25, 0.3) is 11.8 Å². The molecule has 0 radical (unpaired) electrons. The Morgan fingerprint density at radius 1 is 1.20 bits per heavy atom. The molecule has 20 heavy (non-hydrogen) atoms. The summed E-state index contributed by atoms with van der Waals surface area (Å²) >= 11 is 0. The summed E-state index contributed by atoms with van der Waals surface area (Å²) in [5.74, 6) is 0.440. The first-order chi connectivity index (χ1) is 9.59. The van der Waals surface area contributed by atoms with E-state index in [1.165, 1.54) is 12.1 Å². The van der Waals surface area contributed by atoms with E-state index in [0.717, 1.165) is 6.42 Å². The Morgan fingerprint density at radius 2 is 1.75 bits per heavy atom. The maximum Gasteiger partial charge on any atom is 0.351 e. The van der Waals surface area contributed by atoms with Gasteiger partial charge in [0.1, 0.15) is 5.41 Å². The van der Waals surface area contributed by atoms with Gasteiger partial charge < -0.3 is 4.84 Å².